The second-order valence-electron chi connectivity index (χ2n) is 10.5. The van der Waals surface area contributed by atoms with E-state index in [-0.39, 0.29) is 24.3 Å². The Kier molecular flexibility index (Phi) is 7.26. The number of rotatable bonds is 7. The number of halogens is 1. The molecule has 206 valence electrons. The minimum absolute atomic E-state index is 0.0739. The van der Waals surface area contributed by atoms with Crippen molar-refractivity contribution in [3.05, 3.63) is 59.7 Å². The highest BCUT2D eigenvalue weighted by Crippen LogP contribution is 2.40. The Balaban J connectivity index is 1.47. The molecule has 4 heterocycles. The Hall–Kier alpha value is -3.99. The van der Waals surface area contributed by atoms with Crippen LogP contribution in [0.3, 0.4) is 0 Å². The molecule has 2 saturated heterocycles. The van der Waals surface area contributed by atoms with Gasteiger partial charge in [-0.3, -0.25) is 14.8 Å². The summed E-state index contributed by atoms with van der Waals surface area (Å²) in [6, 6.07) is 8.44. The van der Waals surface area contributed by atoms with Gasteiger partial charge in [-0.15, -0.1) is 0 Å². The standard InChI is InChI=1S/C28H34FN7O3/c1-19-20(6-5-7-23(19)29)16-36-27(38)35(18-28(36)10-12-34(13-11-28)25(37)17-33(2)3)24-9-8-22(26(32-24)39-4)21-14-30-31-15-21/h5-9,14-15H,10-13,16-18H2,1-4H3,(H,30,31). The number of aromatic amines is 1. The van der Waals surface area contributed by atoms with Gasteiger partial charge in [0.05, 0.1) is 31.9 Å². The number of benzene rings is 1. The first kappa shape index (κ1) is 26.6. The first-order valence-electron chi connectivity index (χ1n) is 13.0. The molecular formula is C28H34FN7O3. The highest BCUT2D eigenvalue weighted by Gasteiger charge is 2.52. The van der Waals surface area contributed by atoms with Crippen molar-refractivity contribution in [1.82, 2.24) is 29.9 Å². The number of amides is 3. The van der Waals surface area contributed by atoms with E-state index >= 15 is 0 Å². The molecular weight excluding hydrogens is 501 g/mol. The second kappa shape index (κ2) is 10.6. The van der Waals surface area contributed by atoms with E-state index in [4.69, 9.17) is 9.72 Å². The van der Waals surface area contributed by atoms with E-state index in [1.807, 2.05) is 47.0 Å². The highest BCUT2D eigenvalue weighted by atomic mass is 19.1. The van der Waals surface area contributed by atoms with Crippen LogP contribution in [0.1, 0.15) is 24.0 Å². The number of anilines is 1. The molecule has 0 radical (unpaired) electrons. The van der Waals surface area contributed by atoms with Crippen LogP contribution in [0.15, 0.2) is 42.7 Å². The lowest BCUT2D eigenvalue weighted by Crippen LogP contribution is -2.56. The van der Waals surface area contributed by atoms with Crippen LogP contribution in [0, 0.1) is 12.7 Å². The molecule has 0 bridgehead atoms. The molecule has 1 spiro atoms. The van der Waals surface area contributed by atoms with E-state index in [1.54, 1.807) is 37.4 Å². The molecule has 1 N–H and O–H groups in total. The summed E-state index contributed by atoms with van der Waals surface area (Å²) in [5.74, 6) is 0.646. The van der Waals surface area contributed by atoms with Gasteiger partial charge in [-0.1, -0.05) is 12.1 Å². The van der Waals surface area contributed by atoms with Crippen molar-refractivity contribution < 1.29 is 18.7 Å². The summed E-state index contributed by atoms with van der Waals surface area (Å²) >= 11 is 0. The Morgan fingerprint density at radius 2 is 1.97 bits per heavy atom. The first-order valence-corrected chi connectivity index (χ1v) is 13.0. The maximum atomic E-state index is 14.4. The van der Waals surface area contributed by atoms with E-state index in [9.17, 15) is 14.0 Å². The minimum Gasteiger partial charge on any atom is -0.480 e. The van der Waals surface area contributed by atoms with Gasteiger partial charge in [-0.2, -0.15) is 10.1 Å². The molecule has 2 aliphatic heterocycles. The first-order chi connectivity index (χ1) is 18.7. The number of pyridine rings is 1. The maximum Gasteiger partial charge on any atom is 0.326 e. The molecule has 5 rings (SSSR count). The van der Waals surface area contributed by atoms with Gasteiger partial charge in [0.15, 0.2) is 0 Å². The van der Waals surface area contributed by atoms with Crippen LogP contribution in [0.25, 0.3) is 11.1 Å². The van der Waals surface area contributed by atoms with E-state index in [0.717, 1.165) is 16.7 Å². The number of hydrogen-bond donors (Lipinski definition) is 1. The number of hydrogen-bond acceptors (Lipinski definition) is 6. The molecule has 10 nitrogen and oxygen atoms in total. The molecule has 0 unspecified atom stereocenters. The van der Waals surface area contributed by atoms with E-state index in [1.165, 1.54) is 6.07 Å². The molecule has 2 aliphatic rings. The molecule has 0 saturated carbocycles. The quantitative estimate of drug-likeness (QED) is 0.499. The number of nitrogens with one attached hydrogen (secondary N) is 1. The SMILES string of the molecule is COc1nc(N2CC3(CCN(C(=O)CN(C)C)CC3)N(Cc3cccc(F)c3C)C2=O)ccc1-c1cn[nH]c1. The van der Waals surface area contributed by atoms with Crippen molar-refractivity contribution >= 4 is 17.8 Å². The number of aromatic nitrogens is 3. The summed E-state index contributed by atoms with van der Waals surface area (Å²) in [5, 5.41) is 6.80. The summed E-state index contributed by atoms with van der Waals surface area (Å²) in [4.78, 5) is 38.7. The lowest BCUT2D eigenvalue weighted by atomic mass is 9.86. The van der Waals surface area contributed by atoms with Crippen molar-refractivity contribution in [1.29, 1.82) is 0 Å². The highest BCUT2D eigenvalue weighted by molar-refractivity contribution is 5.95. The number of urea groups is 1. The van der Waals surface area contributed by atoms with Gasteiger partial charge < -0.3 is 19.4 Å². The average molecular weight is 536 g/mol. The van der Waals surface area contributed by atoms with Crippen LogP contribution < -0.4 is 9.64 Å². The number of carbonyl (C=O) groups is 2. The van der Waals surface area contributed by atoms with Crippen molar-refractivity contribution in [2.75, 3.05) is 52.3 Å². The van der Waals surface area contributed by atoms with E-state index in [0.29, 0.717) is 56.3 Å². The number of likely N-dealkylation sites (N-methyl/N-ethyl adjacent to an activating group) is 1. The van der Waals surface area contributed by atoms with Crippen LogP contribution in [0.5, 0.6) is 5.88 Å². The zero-order chi connectivity index (χ0) is 27.7. The van der Waals surface area contributed by atoms with Crippen molar-refractivity contribution in [3.63, 3.8) is 0 Å². The topological polar surface area (TPSA) is 97.9 Å². The van der Waals surface area contributed by atoms with Crippen LogP contribution in [0.4, 0.5) is 15.0 Å². The van der Waals surface area contributed by atoms with Crippen molar-refractivity contribution in [2.24, 2.45) is 0 Å². The van der Waals surface area contributed by atoms with Crippen molar-refractivity contribution in [3.8, 4) is 17.0 Å². The van der Waals surface area contributed by atoms with Crippen LogP contribution in [-0.4, -0.2) is 94.7 Å². The van der Waals surface area contributed by atoms with Gasteiger partial charge in [0.25, 0.3) is 0 Å². The van der Waals surface area contributed by atoms with Crippen LogP contribution >= 0.6 is 0 Å². The minimum atomic E-state index is -0.525. The smallest absolute Gasteiger partial charge is 0.326 e. The largest absolute Gasteiger partial charge is 0.480 e. The molecule has 3 amide bonds. The third-order valence-corrected chi connectivity index (χ3v) is 7.82. The predicted octanol–water partition coefficient (Wildman–Crippen LogP) is 3.29. The van der Waals surface area contributed by atoms with Gasteiger partial charge >= 0.3 is 6.03 Å². The zero-order valence-corrected chi connectivity index (χ0v) is 22.8. The zero-order valence-electron chi connectivity index (χ0n) is 22.8. The molecule has 0 atom stereocenters. The number of likely N-dealkylation sites (tertiary alicyclic amines) is 1. The Morgan fingerprint density at radius 3 is 2.64 bits per heavy atom. The fourth-order valence-corrected chi connectivity index (χ4v) is 5.53. The lowest BCUT2D eigenvalue weighted by molar-refractivity contribution is -0.134. The third-order valence-electron chi connectivity index (χ3n) is 7.82. The molecule has 2 aromatic heterocycles. The fourth-order valence-electron chi connectivity index (χ4n) is 5.53. The van der Waals surface area contributed by atoms with Gasteiger partial charge in [0.2, 0.25) is 11.8 Å². The van der Waals surface area contributed by atoms with E-state index < -0.39 is 5.54 Å². The van der Waals surface area contributed by atoms with E-state index in [2.05, 4.69) is 10.2 Å². The molecule has 1 aromatic carbocycles. The summed E-state index contributed by atoms with van der Waals surface area (Å²) in [7, 11) is 5.29. The van der Waals surface area contributed by atoms with Gasteiger partial charge in [-0.05, 0) is 63.2 Å². The summed E-state index contributed by atoms with van der Waals surface area (Å²) < 4.78 is 20.0. The van der Waals surface area contributed by atoms with Crippen molar-refractivity contribution in [2.45, 2.75) is 31.8 Å². The second-order valence-corrected chi connectivity index (χ2v) is 10.5. The van der Waals surface area contributed by atoms with Gasteiger partial charge in [-0.25, -0.2) is 9.18 Å². The molecule has 11 heteroatoms. The van der Waals surface area contributed by atoms with Gasteiger partial charge in [0.1, 0.15) is 11.6 Å². The van der Waals surface area contributed by atoms with Crippen LogP contribution in [-0.2, 0) is 11.3 Å². The summed E-state index contributed by atoms with van der Waals surface area (Å²) in [6.07, 6.45) is 4.67. The maximum absolute atomic E-state index is 14.4. The number of H-pyrrole nitrogens is 1. The average Bonchev–Trinajstić information content (AvgIpc) is 3.54. The Morgan fingerprint density at radius 1 is 1.21 bits per heavy atom. The number of methoxy groups -OCH3 is 1. The fraction of sp³-hybridized carbons (Fsp3) is 0.429. The monoisotopic (exact) mass is 535 g/mol. The lowest BCUT2D eigenvalue weighted by Gasteiger charge is -2.44. The Labute approximate surface area is 227 Å². The Bertz CT molecular complexity index is 1350. The van der Waals surface area contributed by atoms with Gasteiger partial charge in [0, 0.05) is 37.0 Å². The number of ether oxygens (including phenoxy) is 1. The molecule has 39 heavy (non-hydrogen) atoms. The molecule has 3 aromatic rings. The van der Waals surface area contributed by atoms with Crippen LogP contribution in [0.2, 0.25) is 0 Å². The molecule has 0 aliphatic carbocycles. The normalized spacial score (nSPS) is 17.0. The predicted molar refractivity (Wildman–Crippen MR) is 145 cm³/mol. The number of piperidine rings is 1. The third kappa shape index (κ3) is 5.06. The summed E-state index contributed by atoms with van der Waals surface area (Å²) in [5.41, 5.74) is 2.35. The summed E-state index contributed by atoms with van der Waals surface area (Å²) in [6.45, 7) is 3.85. The number of carbonyl (C=O) groups excluding carboxylic acids is 2. The molecule has 2 fully saturated rings. The number of nitrogens with zero attached hydrogens (tertiary/aromatic N) is 6.